The number of likely N-dealkylation sites (tertiary alicyclic amines) is 1. The van der Waals surface area contributed by atoms with Crippen LogP contribution in [0.5, 0.6) is 0 Å². The standard InChI is InChI=1S/C28H52N4O6/c1-8-10-14-38-28(37)21-12-11-13-32(21)27(36)20(15-17(3)4)30-26(35)25(18(5)6)31-23(34)16-22(33)24(29)19(7)9-2/h17-22,24-25,33H,8-16,29H2,1-7H3,(H,30,35)(H,31,34)/t19-,20-,21-,22-,24+,25-/m0/s1. The Hall–Kier alpha value is -2.20. The molecule has 6 atom stereocenters. The van der Waals surface area contributed by atoms with Gasteiger partial charge in [0.05, 0.1) is 19.1 Å². The van der Waals surface area contributed by atoms with Gasteiger partial charge in [-0.05, 0) is 43.4 Å². The van der Waals surface area contributed by atoms with E-state index in [0.29, 0.717) is 32.4 Å². The van der Waals surface area contributed by atoms with Crippen LogP contribution < -0.4 is 16.4 Å². The Morgan fingerprint density at radius 2 is 1.74 bits per heavy atom. The van der Waals surface area contributed by atoms with Crippen LogP contribution in [-0.2, 0) is 23.9 Å². The number of rotatable bonds is 16. The first-order valence-corrected chi connectivity index (χ1v) is 14.3. The molecular formula is C28H52N4O6. The summed E-state index contributed by atoms with van der Waals surface area (Å²) in [7, 11) is 0. The van der Waals surface area contributed by atoms with E-state index in [9.17, 15) is 24.3 Å². The number of hydrogen-bond donors (Lipinski definition) is 4. The Labute approximate surface area is 228 Å². The summed E-state index contributed by atoms with van der Waals surface area (Å²) in [5.41, 5.74) is 6.06. The van der Waals surface area contributed by atoms with Gasteiger partial charge in [-0.15, -0.1) is 0 Å². The van der Waals surface area contributed by atoms with E-state index in [1.165, 1.54) is 4.90 Å². The van der Waals surface area contributed by atoms with Crippen LogP contribution in [0.4, 0.5) is 0 Å². The summed E-state index contributed by atoms with van der Waals surface area (Å²) in [6, 6.07) is -2.94. The lowest BCUT2D eigenvalue weighted by Gasteiger charge is -2.31. The number of nitrogens with zero attached hydrogens (tertiary/aromatic N) is 1. The van der Waals surface area contributed by atoms with Gasteiger partial charge >= 0.3 is 5.97 Å². The molecule has 1 aliphatic heterocycles. The number of carbonyl (C=O) groups is 4. The summed E-state index contributed by atoms with van der Waals surface area (Å²) in [6.45, 7) is 14.1. The molecule has 10 heteroatoms. The number of aliphatic hydroxyl groups is 1. The summed E-state index contributed by atoms with van der Waals surface area (Å²) in [6.07, 6.45) is 2.81. The van der Waals surface area contributed by atoms with Gasteiger partial charge in [0.1, 0.15) is 18.1 Å². The van der Waals surface area contributed by atoms with E-state index >= 15 is 0 Å². The molecular weight excluding hydrogens is 488 g/mol. The minimum absolute atomic E-state index is 0.0446. The van der Waals surface area contributed by atoms with E-state index in [-0.39, 0.29) is 30.1 Å². The number of nitrogens with one attached hydrogen (secondary N) is 2. The molecule has 220 valence electrons. The molecule has 38 heavy (non-hydrogen) atoms. The maximum Gasteiger partial charge on any atom is 0.328 e. The van der Waals surface area contributed by atoms with Crippen LogP contribution in [0.25, 0.3) is 0 Å². The number of amides is 3. The second-order valence-electron chi connectivity index (χ2n) is 11.4. The van der Waals surface area contributed by atoms with Crippen LogP contribution in [0.3, 0.4) is 0 Å². The molecule has 5 N–H and O–H groups in total. The molecule has 0 spiro atoms. The second kappa shape index (κ2) is 16.7. The van der Waals surface area contributed by atoms with Gasteiger partial charge in [0.15, 0.2) is 0 Å². The van der Waals surface area contributed by atoms with Crippen LogP contribution in [0.15, 0.2) is 0 Å². The third-order valence-electron chi connectivity index (χ3n) is 7.28. The number of carbonyl (C=O) groups excluding carboxylic acids is 4. The SMILES string of the molecule is CCCCOC(=O)[C@@H]1CCCN1C(=O)[C@H](CC(C)C)NC(=O)[C@@H](NC(=O)C[C@H](O)[C@H](N)[C@@H](C)CC)C(C)C. The number of hydrogen-bond acceptors (Lipinski definition) is 7. The molecule has 1 rings (SSSR count). The van der Waals surface area contributed by atoms with Crippen molar-refractivity contribution in [3.8, 4) is 0 Å². The summed E-state index contributed by atoms with van der Waals surface area (Å²) in [5, 5.41) is 15.9. The predicted octanol–water partition coefficient (Wildman–Crippen LogP) is 2.12. The van der Waals surface area contributed by atoms with Crippen LogP contribution in [-0.4, -0.2) is 77.1 Å². The average Bonchev–Trinajstić information content (AvgIpc) is 3.35. The zero-order chi connectivity index (χ0) is 29.0. The Morgan fingerprint density at radius 1 is 1.08 bits per heavy atom. The Balaban J connectivity index is 2.93. The van der Waals surface area contributed by atoms with Crippen molar-refractivity contribution in [2.45, 2.75) is 124 Å². The summed E-state index contributed by atoms with van der Waals surface area (Å²) < 4.78 is 5.38. The molecule has 0 saturated carbocycles. The van der Waals surface area contributed by atoms with Crippen molar-refractivity contribution in [2.75, 3.05) is 13.2 Å². The first kappa shape index (κ1) is 33.8. The number of nitrogens with two attached hydrogens (primary N) is 1. The topological polar surface area (TPSA) is 151 Å². The molecule has 0 radical (unpaired) electrons. The third-order valence-corrected chi connectivity index (χ3v) is 7.28. The Kier molecular flexibility index (Phi) is 14.9. The third kappa shape index (κ3) is 10.5. The summed E-state index contributed by atoms with van der Waals surface area (Å²) in [4.78, 5) is 53.7. The van der Waals surface area contributed by atoms with E-state index in [4.69, 9.17) is 10.5 Å². The molecule has 3 amide bonds. The van der Waals surface area contributed by atoms with Gasteiger partial charge in [-0.25, -0.2) is 4.79 Å². The Morgan fingerprint density at radius 3 is 2.29 bits per heavy atom. The van der Waals surface area contributed by atoms with Crippen molar-refractivity contribution in [3.05, 3.63) is 0 Å². The molecule has 0 aromatic rings. The van der Waals surface area contributed by atoms with Crippen molar-refractivity contribution >= 4 is 23.7 Å². The molecule has 1 aliphatic rings. The number of esters is 1. The van der Waals surface area contributed by atoms with Gasteiger partial charge in [0, 0.05) is 12.6 Å². The van der Waals surface area contributed by atoms with Crippen molar-refractivity contribution in [2.24, 2.45) is 23.5 Å². The zero-order valence-electron chi connectivity index (χ0n) is 24.5. The highest BCUT2D eigenvalue weighted by atomic mass is 16.5. The fourth-order valence-corrected chi connectivity index (χ4v) is 4.59. The number of ether oxygens (including phenoxy) is 1. The van der Waals surface area contributed by atoms with Crippen molar-refractivity contribution < 1.29 is 29.0 Å². The second-order valence-corrected chi connectivity index (χ2v) is 11.4. The normalized spacial score (nSPS) is 19.6. The minimum atomic E-state index is -1.03. The van der Waals surface area contributed by atoms with E-state index in [2.05, 4.69) is 10.6 Å². The largest absolute Gasteiger partial charge is 0.464 e. The number of unbranched alkanes of at least 4 members (excludes halogenated alkanes) is 1. The van der Waals surface area contributed by atoms with Crippen LogP contribution in [0, 0.1) is 17.8 Å². The quantitative estimate of drug-likeness (QED) is 0.173. The molecule has 0 aliphatic carbocycles. The van der Waals surface area contributed by atoms with Crippen LogP contribution in [0.2, 0.25) is 0 Å². The monoisotopic (exact) mass is 540 g/mol. The summed E-state index contributed by atoms with van der Waals surface area (Å²) in [5.74, 6) is -1.79. The van der Waals surface area contributed by atoms with Crippen molar-refractivity contribution in [1.82, 2.24) is 15.5 Å². The molecule has 1 heterocycles. The van der Waals surface area contributed by atoms with E-state index < -0.39 is 48.1 Å². The number of aliphatic hydroxyl groups excluding tert-OH is 1. The molecule has 0 aromatic heterocycles. The molecule has 10 nitrogen and oxygen atoms in total. The lowest BCUT2D eigenvalue weighted by Crippen LogP contribution is -2.57. The van der Waals surface area contributed by atoms with Gasteiger partial charge in [0.25, 0.3) is 0 Å². The fraction of sp³-hybridized carbons (Fsp3) is 0.857. The first-order valence-electron chi connectivity index (χ1n) is 14.3. The first-order chi connectivity index (χ1) is 17.8. The molecule has 0 unspecified atom stereocenters. The average molecular weight is 541 g/mol. The van der Waals surface area contributed by atoms with Crippen molar-refractivity contribution in [3.63, 3.8) is 0 Å². The molecule has 1 saturated heterocycles. The van der Waals surface area contributed by atoms with E-state index in [1.807, 2.05) is 34.6 Å². The highest BCUT2D eigenvalue weighted by Crippen LogP contribution is 2.22. The molecule has 0 aromatic carbocycles. The fourth-order valence-electron chi connectivity index (χ4n) is 4.59. The van der Waals surface area contributed by atoms with Gasteiger partial charge in [-0.2, -0.15) is 0 Å². The highest BCUT2D eigenvalue weighted by molar-refractivity contribution is 5.94. The van der Waals surface area contributed by atoms with E-state index in [0.717, 1.165) is 19.3 Å². The minimum Gasteiger partial charge on any atom is -0.464 e. The summed E-state index contributed by atoms with van der Waals surface area (Å²) >= 11 is 0. The smallest absolute Gasteiger partial charge is 0.328 e. The van der Waals surface area contributed by atoms with Crippen molar-refractivity contribution in [1.29, 1.82) is 0 Å². The molecule has 1 fully saturated rings. The van der Waals surface area contributed by atoms with E-state index in [1.54, 1.807) is 13.8 Å². The van der Waals surface area contributed by atoms with Gasteiger partial charge in [0.2, 0.25) is 17.7 Å². The van der Waals surface area contributed by atoms with Gasteiger partial charge in [-0.3, -0.25) is 14.4 Å². The molecule has 0 bridgehead atoms. The van der Waals surface area contributed by atoms with Crippen LogP contribution >= 0.6 is 0 Å². The lowest BCUT2D eigenvalue weighted by molar-refractivity contribution is -0.154. The van der Waals surface area contributed by atoms with Gasteiger partial charge in [-0.1, -0.05) is 61.3 Å². The van der Waals surface area contributed by atoms with Crippen LogP contribution in [0.1, 0.15) is 93.4 Å². The highest BCUT2D eigenvalue weighted by Gasteiger charge is 2.39. The lowest BCUT2D eigenvalue weighted by atomic mass is 9.93. The maximum atomic E-state index is 13.6. The van der Waals surface area contributed by atoms with Gasteiger partial charge < -0.3 is 31.1 Å². The maximum absolute atomic E-state index is 13.6. The zero-order valence-corrected chi connectivity index (χ0v) is 24.5. The predicted molar refractivity (Wildman–Crippen MR) is 147 cm³/mol. The Bertz CT molecular complexity index is 774.